The van der Waals surface area contributed by atoms with E-state index >= 15 is 0 Å². The molecular formula is C20H28O5. The molecule has 1 unspecified atom stereocenters. The molecule has 0 bridgehead atoms. The van der Waals surface area contributed by atoms with Gasteiger partial charge in [-0.05, 0) is 50.7 Å². The minimum absolute atomic E-state index is 0.0191. The van der Waals surface area contributed by atoms with Crippen molar-refractivity contribution >= 4 is 5.97 Å². The number of carbonyl (C=O) groups excluding carboxylic acids is 1. The summed E-state index contributed by atoms with van der Waals surface area (Å²) in [5.41, 5.74) is 1.72. The van der Waals surface area contributed by atoms with Gasteiger partial charge in [-0.3, -0.25) is 10.1 Å². The number of esters is 1. The highest BCUT2D eigenvalue weighted by Gasteiger charge is 2.39. The Labute approximate surface area is 149 Å². The second-order valence-electron chi connectivity index (χ2n) is 7.43. The molecule has 25 heavy (non-hydrogen) atoms. The number of fused-ring (bicyclic) bond motifs is 1. The van der Waals surface area contributed by atoms with Crippen molar-refractivity contribution in [3.63, 3.8) is 0 Å². The van der Waals surface area contributed by atoms with Gasteiger partial charge in [0, 0.05) is 5.92 Å². The summed E-state index contributed by atoms with van der Waals surface area (Å²) in [6, 6.07) is 0. The molecule has 2 aliphatic rings. The van der Waals surface area contributed by atoms with E-state index in [-0.39, 0.29) is 24.4 Å². The topological polar surface area (TPSA) is 76.0 Å². The van der Waals surface area contributed by atoms with Crippen LogP contribution in [0.2, 0.25) is 0 Å². The average Bonchev–Trinajstić information content (AvgIpc) is 2.58. The number of aliphatic hydroxyl groups is 1. The lowest BCUT2D eigenvalue weighted by Crippen LogP contribution is -2.35. The molecule has 1 heterocycles. The molecular weight excluding hydrogens is 320 g/mol. The molecule has 0 amide bonds. The van der Waals surface area contributed by atoms with Crippen LogP contribution < -0.4 is 0 Å². The van der Waals surface area contributed by atoms with Crippen LogP contribution in [0.3, 0.4) is 0 Å². The Morgan fingerprint density at radius 2 is 1.92 bits per heavy atom. The first kappa shape index (κ1) is 19.6. The normalized spacial score (nSPS) is 30.6. The zero-order valence-electron chi connectivity index (χ0n) is 15.0. The molecule has 1 saturated carbocycles. The summed E-state index contributed by atoms with van der Waals surface area (Å²) in [5.74, 6) is -0.650. The van der Waals surface area contributed by atoms with Gasteiger partial charge in [-0.1, -0.05) is 37.0 Å². The molecule has 0 radical (unpaired) electrons. The van der Waals surface area contributed by atoms with Crippen LogP contribution in [0.15, 0.2) is 48.1 Å². The third kappa shape index (κ3) is 5.14. The summed E-state index contributed by atoms with van der Waals surface area (Å²) in [7, 11) is 0. The number of carbonyl (C=O) groups is 1. The fourth-order valence-corrected chi connectivity index (χ4v) is 3.42. The van der Waals surface area contributed by atoms with Crippen LogP contribution in [0.4, 0.5) is 0 Å². The molecule has 5 nitrogen and oxygen atoms in total. The molecule has 0 spiro atoms. The summed E-state index contributed by atoms with van der Waals surface area (Å²) in [4.78, 5) is 16.9. The Hall–Kier alpha value is -1.69. The first-order valence-electron chi connectivity index (χ1n) is 8.66. The maximum Gasteiger partial charge on any atom is 0.313 e. The standard InChI is InChI=1S/C20H28O5/c1-13-7-9-16-15(6-5-11-20(3,4)22)12-24-19(21)18(16)14(2)8-10-17(13)25-23/h5-6,11,16-18,22-23H,1-2,7-10,12H2,3-4H3/b11-5+,15-6+/t16-,17?,18+/m0/s1. The highest BCUT2D eigenvalue weighted by atomic mass is 17.1. The smallest absolute Gasteiger partial charge is 0.313 e. The largest absolute Gasteiger partial charge is 0.461 e. The van der Waals surface area contributed by atoms with Gasteiger partial charge in [-0.2, -0.15) is 0 Å². The maximum absolute atomic E-state index is 12.4. The zero-order chi connectivity index (χ0) is 18.6. The molecule has 0 aromatic carbocycles. The van der Waals surface area contributed by atoms with Crippen molar-refractivity contribution in [2.45, 2.75) is 51.2 Å². The van der Waals surface area contributed by atoms with Crippen molar-refractivity contribution in [2.24, 2.45) is 11.8 Å². The highest BCUT2D eigenvalue weighted by molar-refractivity contribution is 5.78. The van der Waals surface area contributed by atoms with Crippen molar-refractivity contribution in [1.29, 1.82) is 0 Å². The lowest BCUT2D eigenvalue weighted by atomic mass is 9.76. The van der Waals surface area contributed by atoms with E-state index in [1.165, 1.54) is 0 Å². The van der Waals surface area contributed by atoms with Crippen LogP contribution in [-0.4, -0.2) is 34.6 Å². The van der Waals surface area contributed by atoms with Gasteiger partial charge < -0.3 is 9.84 Å². The third-order valence-corrected chi connectivity index (χ3v) is 4.85. The van der Waals surface area contributed by atoms with E-state index in [9.17, 15) is 9.90 Å². The minimum Gasteiger partial charge on any atom is -0.461 e. The van der Waals surface area contributed by atoms with E-state index in [1.807, 2.05) is 6.08 Å². The molecule has 2 rings (SSSR count). The SMILES string of the molecule is C=C1CC[C@H]2/C(=C/C=C/C(C)(C)O)COC(=O)[C@@H]2C(=C)CCC1OO. The molecule has 0 aromatic heterocycles. The lowest BCUT2D eigenvalue weighted by Gasteiger charge is -2.33. The van der Waals surface area contributed by atoms with Gasteiger partial charge in [-0.25, -0.2) is 4.89 Å². The van der Waals surface area contributed by atoms with E-state index in [2.05, 4.69) is 18.0 Å². The number of hydrogen-bond acceptors (Lipinski definition) is 5. The molecule has 1 aliphatic carbocycles. The van der Waals surface area contributed by atoms with Crippen LogP contribution in [0, 0.1) is 11.8 Å². The maximum atomic E-state index is 12.4. The van der Waals surface area contributed by atoms with Crippen molar-refractivity contribution in [3.05, 3.63) is 48.1 Å². The number of ether oxygens (including phenoxy) is 1. The number of cyclic esters (lactones) is 1. The summed E-state index contributed by atoms with van der Waals surface area (Å²) in [6.07, 6.45) is 7.44. The van der Waals surface area contributed by atoms with E-state index < -0.39 is 11.7 Å². The first-order valence-corrected chi connectivity index (χ1v) is 8.66. The first-order chi connectivity index (χ1) is 11.7. The quantitative estimate of drug-likeness (QED) is 0.353. The predicted octanol–water partition coefficient (Wildman–Crippen LogP) is 3.57. The van der Waals surface area contributed by atoms with Gasteiger partial charge >= 0.3 is 5.97 Å². The monoisotopic (exact) mass is 348 g/mol. The second-order valence-corrected chi connectivity index (χ2v) is 7.43. The second kappa shape index (κ2) is 8.13. The van der Waals surface area contributed by atoms with Crippen LogP contribution in [0.5, 0.6) is 0 Å². The van der Waals surface area contributed by atoms with Crippen molar-refractivity contribution < 1.29 is 24.8 Å². The van der Waals surface area contributed by atoms with E-state index in [4.69, 9.17) is 9.99 Å². The van der Waals surface area contributed by atoms with E-state index in [0.29, 0.717) is 25.7 Å². The number of rotatable bonds is 3. The van der Waals surface area contributed by atoms with Crippen molar-refractivity contribution in [1.82, 2.24) is 0 Å². The predicted molar refractivity (Wildman–Crippen MR) is 95.7 cm³/mol. The zero-order valence-corrected chi connectivity index (χ0v) is 15.0. The molecule has 0 aromatic rings. The Bertz CT molecular complexity index is 594. The Morgan fingerprint density at radius 3 is 2.56 bits per heavy atom. The van der Waals surface area contributed by atoms with Gasteiger partial charge in [0.2, 0.25) is 0 Å². The van der Waals surface area contributed by atoms with Gasteiger partial charge in [-0.15, -0.1) is 0 Å². The summed E-state index contributed by atoms with van der Waals surface area (Å²) >= 11 is 0. The molecule has 2 fully saturated rings. The van der Waals surface area contributed by atoms with Crippen molar-refractivity contribution in [2.75, 3.05) is 6.61 Å². The van der Waals surface area contributed by atoms with Crippen LogP contribution >= 0.6 is 0 Å². The fourth-order valence-electron chi connectivity index (χ4n) is 3.42. The molecule has 2 N–H and O–H groups in total. The number of hydrogen-bond donors (Lipinski definition) is 2. The van der Waals surface area contributed by atoms with Crippen LogP contribution in [0.1, 0.15) is 39.5 Å². The minimum atomic E-state index is -0.899. The van der Waals surface area contributed by atoms with Gasteiger partial charge in [0.1, 0.15) is 12.7 Å². The van der Waals surface area contributed by atoms with E-state index in [1.54, 1.807) is 26.0 Å². The van der Waals surface area contributed by atoms with Gasteiger partial charge in [0.05, 0.1) is 11.5 Å². The lowest BCUT2D eigenvalue weighted by molar-refractivity contribution is -0.269. The number of allylic oxidation sites excluding steroid dienone is 2. The van der Waals surface area contributed by atoms with Crippen LogP contribution in [-0.2, 0) is 14.4 Å². The Balaban J connectivity index is 2.29. The fraction of sp³-hybridized carbons (Fsp3) is 0.550. The third-order valence-electron chi connectivity index (χ3n) is 4.85. The van der Waals surface area contributed by atoms with Crippen molar-refractivity contribution in [3.8, 4) is 0 Å². The molecule has 1 saturated heterocycles. The molecule has 138 valence electrons. The van der Waals surface area contributed by atoms with Gasteiger partial charge in [0.15, 0.2) is 0 Å². The summed E-state index contributed by atoms with van der Waals surface area (Å²) < 4.78 is 5.36. The Morgan fingerprint density at radius 1 is 1.24 bits per heavy atom. The molecule has 3 atom stereocenters. The molecule has 1 aliphatic heterocycles. The average molecular weight is 348 g/mol. The Kier molecular flexibility index (Phi) is 6.38. The summed E-state index contributed by atoms with van der Waals surface area (Å²) in [6.45, 7) is 11.7. The highest BCUT2D eigenvalue weighted by Crippen LogP contribution is 2.40. The molecule has 5 heteroatoms. The van der Waals surface area contributed by atoms with E-state index in [0.717, 1.165) is 16.7 Å². The summed E-state index contributed by atoms with van der Waals surface area (Å²) in [5, 5.41) is 18.9. The van der Waals surface area contributed by atoms with Gasteiger partial charge in [0.25, 0.3) is 0 Å². The van der Waals surface area contributed by atoms with Crippen LogP contribution in [0.25, 0.3) is 0 Å².